The molecule has 0 aromatic rings. The van der Waals surface area contributed by atoms with Crippen molar-refractivity contribution in [1.29, 1.82) is 10.5 Å². The van der Waals surface area contributed by atoms with Gasteiger partial charge in [0.2, 0.25) is 0 Å². The molecule has 19 heavy (non-hydrogen) atoms. The molecule has 2 N–H and O–H groups in total. The van der Waals surface area contributed by atoms with Gasteiger partial charge >= 0.3 is 22.2 Å². The van der Waals surface area contributed by atoms with Crippen molar-refractivity contribution in [3.05, 3.63) is 7.43 Å². The molecule has 4 nitrogen and oxygen atoms in total. The van der Waals surface area contributed by atoms with Crippen LogP contribution in [0.1, 0.15) is 64.2 Å². The van der Waals surface area contributed by atoms with Gasteiger partial charge in [-0.15, -0.1) is 0 Å². The van der Waals surface area contributed by atoms with Crippen LogP contribution in [-0.4, -0.2) is 15.4 Å². The maximum atomic E-state index is 6.88. The molecule has 0 aromatic carbocycles. The molecule has 0 aromatic heterocycles. The molecule has 0 bridgehead atoms. The van der Waals surface area contributed by atoms with Crippen molar-refractivity contribution < 1.29 is 27.2 Å². The first-order valence-corrected chi connectivity index (χ1v) is 7.20. The fraction of sp³-hybridized carbons (Fsp3) is 0.714. The minimum atomic E-state index is 0. The van der Waals surface area contributed by atoms with Gasteiger partial charge in [0.05, 0.1) is 0 Å². The van der Waals surface area contributed by atoms with Gasteiger partial charge in [0.25, 0.3) is 12.5 Å². The summed E-state index contributed by atoms with van der Waals surface area (Å²) in [6, 6.07) is 0. The van der Waals surface area contributed by atoms with Gasteiger partial charge in [0.1, 0.15) is 0 Å². The van der Waals surface area contributed by atoms with Gasteiger partial charge < -0.3 is 17.6 Å². The number of aliphatic hydroxyl groups is 2. The van der Waals surface area contributed by atoms with Crippen LogP contribution < -0.4 is 0 Å². The van der Waals surface area contributed by atoms with Crippen molar-refractivity contribution in [2.45, 2.75) is 64.2 Å². The van der Waals surface area contributed by atoms with Gasteiger partial charge in [-0.2, -0.15) is 10.5 Å². The van der Waals surface area contributed by atoms with Crippen LogP contribution in [0, 0.1) is 30.5 Å². The van der Waals surface area contributed by atoms with Crippen molar-refractivity contribution in [2.24, 2.45) is 0 Å². The predicted molar refractivity (Wildman–Crippen MR) is 74.8 cm³/mol. The van der Waals surface area contributed by atoms with E-state index in [9.17, 15) is 0 Å². The zero-order valence-corrected chi connectivity index (χ0v) is 13.4. The molecule has 0 spiro atoms. The molecule has 2 saturated carbocycles. The van der Waals surface area contributed by atoms with Crippen molar-refractivity contribution in [3.8, 4) is 12.5 Å². The summed E-state index contributed by atoms with van der Waals surface area (Å²) in [5, 5.41) is 30.7. The molecule has 0 saturated heterocycles. The Morgan fingerprint density at radius 2 is 0.684 bits per heavy atom. The topological polar surface area (TPSA) is 88.0 Å². The van der Waals surface area contributed by atoms with E-state index in [1.807, 2.05) is 0 Å². The second kappa shape index (κ2) is 36.0. The summed E-state index contributed by atoms with van der Waals surface area (Å²) in [4.78, 5) is 0. The second-order valence-electron chi connectivity index (χ2n) is 3.74. The molecular weight excluding hydrogens is 279 g/mol. The number of hydrogen-bond acceptors (Lipinski definition) is 4. The molecule has 0 unspecified atom stereocenters. The van der Waals surface area contributed by atoms with Crippen LogP contribution in [0.15, 0.2) is 0 Å². The first kappa shape index (κ1) is 26.6. The molecule has 0 atom stereocenters. The van der Waals surface area contributed by atoms with Gasteiger partial charge in [-0.25, -0.2) is 0 Å². The van der Waals surface area contributed by atoms with Crippen LogP contribution in [0.3, 0.4) is 0 Å². The van der Waals surface area contributed by atoms with Gasteiger partial charge in [-0.05, 0) is 0 Å². The first-order valence-electron chi connectivity index (χ1n) is 6.21. The third-order valence-corrected chi connectivity index (χ3v) is 2.50. The SMILES string of the molecule is C1CCCC1.C1CCCC1.N#CO.N#CO.[CH2]=[V].[CH3-]. The minimum absolute atomic E-state index is 0. The fourth-order valence-electron chi connectivity index (χ4n) is 1.77. The van der Waals surface area contributed by atoms with Crippen LogP contribution in [0.2, 0.25) is 0 Å². The standard InChI is InChI=1S/2C5H10.2CHNO.CH3.CH2.V/c2*1-2-4-5-3-1;2*2-1-3;;;/h2*1-5H2;2*3H;1H3;1H2;/q;;;;-1;;. The molecule has 5 heteroatoms. The largest absolute Gasteiger partial charge is 0.358 e. The predicted octanol–water partition coefficient (Wildman–Crippen LogP) is 4.00. The Morgan fingerprint density at radius 1 is 0.632 bits per heavy atom. The zero-order valence-electron chi connectivity index (χ0n) is 12.0. The summed E-state index contributed by atoms with van der Waals surface area (Å²) in [5.74, 6) is 0. The zero-order chi connectivity index (χ0) is 14.5. The monoisotopic (exact) mass is 306 g/mol. The summed E-state index contributed by atoms with van der Waals surface area (Å²) in [6.45, 7) is 0. The number of nitriles is 2. The van der Waals surface area contributed by atoms with Crippen LogP contribution in [0.25, 0.3) is 0 Å². The van der Waals surface area contributed by atoms with E-state index < -0.39 is 0 Å². The summed E-state index contributed by atoms with van der Waals surface area (Å²) >= 11 is 2.06. The number of hydrogen-bond donors (Lipinski definition) is 2. The van der Waals surface area contributed by atoms with Crippen molar-refractivity contribution in [2.75, 3.05) is 0 Å². The van der Waals surface area contributed by atoms with E-state index in [1.165, 1.54) is 64.2 Å². The Kier molecular flexibility index (Phi) is 50.3. The van der Waals surface area contributed by atoms with E-state index in [1.54, 1.807) is 0 Å². The van der Waals surface area contributed by atoms with Crippen LogP contribution in [-0.2, 0) is 17.0 Å². The molecule has 2 aliphatic carbocycles. The van der Waals surface area contributed by atoms with Crippen LogP contribution >= 0.6 is 0 Å². The molecule has 0 amide bonds. The van der Waals surface area contributed by atoms with Crippen molar-refractivity contribution in [3.63, 3.8) is 0 Å². The molecular formula is C14H27N2O2V-. The minimum Gasteiger partial charge on any atom is -0.358 e. The van der Waals surface area contributed by atoms with Gasteiger partial charge in [0, 0.05) is 0 Å². The number of aliphatic hydroxyl groups excluding tert-OH is 2. The van der Waals surface area contributed by atoms with Gasteiger partial charge in [-0.1, -0.05) is 64.2 Å². The summed E-state index contributed by atoms with van der Waals surface area (Å²) in [6.07, 6.45) is 16.5. The third-order valence-electron chi connectivity index (χ3n) is 2.50. The molecule has 2 rings (SSSR count). The number of rotatable bonds is 0. The molecule has 0 radical (unpaired) electrons. The van der Waals surface area contributed by atoms with Gasteiger partial charge in [0.15, 0.2) is 0 Å². The van der Waals surface area contributed by atoms with E-state index in [4.69, 9.17) is 20.7 Å². The van der Waals surface area contributed by atoms with Gasteiger partial charge in [-0.3, -0.25) is 0 Å². The fourth-order valence-corrected chi connectivity index (χ4v) is 1.77. The van der Waals surface area contributed by atoms with E-state index >= 15 is 0 Å². The Balaban J connectivity index is -0.0000000767. The van der Waals surface area contributed by atoms with E-state index in [0.29, 0.717) is 0 Å². The summed E-state index contributed by atoms with van der Waals surface area (Å²) < 4.78 is 0. The van der Waals surface area contributed by atoms with Crippen molar-refractivity contribution in [1.82, 2.24) is 0 Å². The van der Waals surface area contributed by atoms with Crippen molar-refractivity contribution >= 4 is 5.23 Å². The average molecular weight is 306 g/mol. The Morgan fingerprint density at radius 3 is 0.737 bits per heavy atom. The molecule has 111 valence electrons. The molecule has 0 heterocycles. The molecule has 2 fully saturated rings. The summed E-state index contributed by atoms with van der Waals surface area (Å²) in [5.41, 5.74) is 0. The molecule has 0 aliphatic heterocycles. The van der Waals surface area contributed by atoms with E-state index in [2.05, 4.69) is 22.2 Å². The second-order valence-corrected chi connectivity index (χ2v) is 3.74. The van der Waals surface area contributed by atoms with Crippen LogP contribution in [0.4, 0.5) is 0 Å². The maximum Gasteiger partial charge on any atom is -0.358 e. The average Bonchev–Trinajstić information content (AvgIpc) is 3.12. The molecule has 2 aliphatic rings. The summed E-state index contributed by atoms with van der Waals surface area (Å²) in [7, 11) is 0. The van der Waals surface area contributed by atoms with E-state index in [0.717, 1.165) is 12.5 Å². The quantitative estimate of drug-likeness (QED) is 0.523. The van der Waals surface area contributed by atoms with E-state index in [-0.39, 0.29) is 7.43 Å². The van der Waals surface area contributed by atoms with Crippen LogP contribution in [0.5, 0.6) is 0 Å². The first-order chi connectivity index (χ1) is 8.83. The Hall–Kier alpha value is -0.966. The Bertz CT molecular complexity index is 167. The smallest absolute Gasteiger partial charge is 0.358 e. The Labute approximate surface area is 127 Å². The normalized spacial score (nSPS) is 13.5. The maximum absolute atomic E-state index is 6.88. The number of nitrogens with zero attached hydrogens (tertiary/aromatic N) is 2. The third kappa shape index (κ3) is 47.2.